The summed E-state index contributed by atoms with van der Waals surface area (Å²) >= 11 is 6.31. The molecule has 5 rings (SSSR count). The van der Waals surface area contributed by atoms with Crippen molar-refractivity contribution in [1.29, 1.82) is 0 Å². The van der Waals surface area contributed by atoms with Gasteiger partial charge in [0.05, 0.1) is 31.6 Å². The number of fused-ring (bicyclic) bond motifs is 3. The number of aromatic nitrogens is 4. The van der Waals surface area contributed by atoms with Crippen LogP contribution in [-0.2, 0) is 11.3 Å². The fourth-order valence-corrected chi connectivity index (χ4v) is 4.87. The number of carbonyl (C=O) groups is 1. The van der Waals surface area contributed by atoms with Crippen LogP contribution in [0.15, 0.2) is 36.5 Å². The highest BCUT2D eigenvalue weighted by molar-refractivity contribution is 6.30. The van der Waals surface area contributed by atoms with E-state index in [-0.39, 0.29) is 11.9 Å². The first-order valence-corrected chi connectivity index (χ1v) is 11.6. The predicted octanol–water partition coefficient (Wildman–Crippen LogP) is 3.81. The van der Waals surface area contributed by atoms with Crippen LogP contribution in [0.25, 0.3) is 5.69 Å². The molecule has 3 aromatic rings. The van der Waals surface area contributed by atoms with Crippen molar-refractivity contribution >= 4 is 29.5 Å². The summed E-state index contributed by atoms with van der Waals surface area (Å²) in [6.45, 7) is 5.17. The average molecular weight is 486 g/mol. The molecule has 178 valence electrons. The van der Waals surface area contributed by atoms with Crippen molar-refractivity contribution in [1.82, 2.24) is 24.6 Å². The molecule has 1 aromatic carbocycles. The van der Waals surface area contributed by atoms with Crippen molar-refractivity contribution in [3.63, 3.8) is 0 Å². The molecule has 4 heterocycles. The Morgan fingerprint density at radius 2 is 1.91 bits per heavy atom. The van der Waals surface area contributed by atoms with Gasteiger partial charge in [0.2, 0.25) is 5.95 Å². The highest BCUT2D eigenvalue weighted by atomic mass is 35.5. The lowest BCUT2D eigenvalue weighted by Gasteiger charge is -2.36. The molecule has 9 nitrogen and oxygen atoms in total. The van der Waals surface area contributed by atoms with Crippen LogP contribution in [0.3, 0.4) is 0 Å². The molecule has 1 saturated heterocycles. The lowest BCUT2D eigenvalue weighted by Crippen LogP contribution is -2.47. The molecule has 1 unspecified atom stereocenters. The van der Waals surface area contributed by atoms with Crippen molar-refractivity contribution in [3.05, 3.63) is 58.8 Å². The van der Waals surface area contributed by atoms with Crippen molar-refractivity contribution in [2.75, 3.05) is 43.1 Å². The summed E-state index contributed by atoms with van der Waals surface area (Å²) < 4.78 is 20.4. The highest BCUT2D eigenvalue weighted by Crippen LogP contribution is 2.37. The molecule has 0 bridgehead atoms. The SMILES string of the molecule is CCC1c2nnc(N3CCN(c4ccc(F)cn4)CC3)n2-c2ccc(Cl)cc2CN1C(=O)OC. The zero-order chi connectivity index (χ0) is 23.8. The Morgan fingerprint density at radius 1 is 1.15 bits per heavy atom. The van der Waals surface area contributed by atoms with E-state index < -0.39 is 6.09 Å². The number of benzene rings is 1. The van der Waals surface area contributed by atoms with Crippen LogP contribution in [0.4, 0.5) is 21.0 Å². The topological polar surface area (TPSA) is 79.6 Å². The Balaban J connectivity index is 1.50. The molecule has 1 amide bonds. The van der Waals surface area contributed by atoms with Gasteiger partial charge in [-0.2, -0.15) is 0 Å². The lowest BCUT2D eigenvalue weighted by atomic mass is 10.1. The predicted molar refractivity (Wildman–Crippen MR) is 126 cm³/mol. The van der Waals surface area contributed by atoms with Crippen molar-refractivity contribution < 1.29 is 13.9 Å². The first-order valence-electron chi connectivity index (χ1n) is 11.2. The van der Waals surface area contributed by atoms with E-state index >= 15 is 0 Å². The van der Waals surface area contributed by atoms with Crippen LogP contribution in [-0.4, -0.2) is 64.0 Å². The van der Waals surface area contributed by atoms with Crippen molar-refractivity contribution in [2.24, 2.45) is 0 Å². The Bertz CT molecular complexity index is 1190. The fraction of sp³-hybridized carbons (Fsp3) is 0.391. The maximum atomic E-state index is 13.3. The number of ether oxygens (including phenoxy) is 1. The second kappa shape index (κ2) is 9.09. The first-order chi connectivity index (χ1) is 16.5. The van der Waals surface area contributed by atoms with E-state index in [1.54, 1.807) is 11.0 Å². The summed E-state index contributed by atoms with van der Waals surface area (Å²) in [5.41, 5.74) is 1.79. The first kappa shape index (κ1) is 22.4. The third-order valence-corrected chi connectivity index (χ3v) is 6.60. The number of piperazine rings is 1. The van der Waals surface area contributed by atoms with E-state index in [0.717, 1.165) is 23.0 Å². The van der Waals surface area contributed by atoms with Crippen molar-refractivity contribution in [2.45, 2.75) is 25.9 Å². The van der Waals surface area contributed by atoms with Crippen LogP contribution in [0.2, 0.25) is 5.02 Å². The minimum absolute atomic E-state index is 0.301. The van der Waals surface area contributed by atoms with Crippen LogP contribution in [0.5, 0.6) is 0 Å². The molecule has 2 aliphatic rings. The van der Waals surface area contributed by atoms with E-state index in [9.17, 15) is 9.18 Å². The molecule has 2 aliphatic heterocycles. The highest BCUT2D eigenvalue weighted by Gasteiger charge is 2.36. The van der Waals surface area contributed by atoms with E-state index in [1.807, 2.05) is 29.7 Å². The van der Waals surface area contributed by atoms with E-state index in [4.69, 9.17) is 16.3 Å². The number of nitrogens with zero attached hydrogens (tertiary/aromatic N) is 7. The minimum Gasteiger partial charge on any atom is -0.453 e. The van der Waals surface area contributed by atoms with Gasteiger partial charge < -0.3 is 14.5 Å². The number of methoxy groups -OCH3 is 1. The van der Waals surface area contributed by atoms with E-state index in [1.165, 1.54) is 19.4 Å². The second-order valence-corrected chi connectivity index (χ2v) is 8.73. The maximum absolute atomic E-state index is 13.3. The molecule has 0 saturated carbocycles. The lowest BCUT2D eigenvalue weighted by molar-refractivity contribution is 0.0981. The standard InChI is InChI=1S/C23H25ClFN7O2/c1-3-18-21-27-28-22(30-10-8-29(9-11-30)20-7-5-17(25)13-26-20)32(21)19-6-4-16(24)12-15(19)14-31(18)23(33)34-2/h4-7,12-13,18H,3,8-11,14H2,1-2H3. The maximum Gasteiger partial charge on any atom is 0.410 e. The smallest absolute Gasteiger partial charge is 0.410 e. The third-order valence-electron chi connectivity index (χ3n) is 6.36. The van der Waals surface area contributed by atoms with Gasteiger partial charge >= 0.3 is 6.09 Å². The summed E-state index contributed by atoms with van der Waals surface area (Å²) in [7, 11) is 1.38. The number of amides is 1. The largest absolute Gasteiger partial charge is 0.453 e. The van der Waals surface area contributed by atoms with Gasteiger partial charge in [-0.3, -0.25) is 9.47 Å². The molecule has 34 heavy (non-hydrogen) atoms. The molecular weight excluding hydrogens is 461 g/mol. The van der Waals surface area contributed by atoms with E-state index in [0.29, 0.717) is 50.0 Å². The van der Waals surface area contributed by atoms with Gasteiger partial charge in [0.25, 0.3) is 0 Å². The Labute approximate surface area is 201 Å². The molecule has 1 atom stereocenters. The monoisotopic (exact) mass is 485 g/mol. The van der Waals surface area contributed by atoms with E-state index in [2.05, 4.69) is 25.0 Å². The molecule has 11 heteroatoms. The third kappa shape index (κ3) is 3.91. The molecule has 1 fully saturated rings. The van der Waals surface area contributed by atoms with Gasteiger partial charge in [-0.25, -0.2) is 14.2 Å². The number of anilines is 2. The number of hydrogen-bond acceptors (Lipinski definition) is 7. The van der Waals surface area contributed by atoms with Crippen LogP contribution >= 0.6 is 11.6 Å². The van der Waals surface area contributed by atoms with Gasteiger partial charge in [-0.1, -0.05) is 18.5 Å². The molecule has 2 aromatic heterocycles. The Kier molecular flexibility index (Phi) is 5.99. The number of pyridine rings is 1. The van der Waals surface area contributed by atoms with Crippen molar-refractivity contribution in [3.8, 4) is 5.69 Å². The van der Waals surface area contributed by atoms with Gasteiger partial charge in [0.15, 0.2) is 5.82 Å². The average Bonchev–Trinajstić information content (AvgIpc) is 3.23. The summed E-state index contributed by atoms with van der Waals surface area (Å²) in [6, 6.07) is 8.47. The number of halogens is 2. The molecular formula is C23H25ClFN7O2. The van der Waals surface area contributed by atoms with Crippen LogP contribution in [0, 0.1) is 5.82 Å². The minimum atomic E-state index is -0.420. The summed E-state index contributed by atoms with van der Waals surface area (Å²) in [5.74, 6) is 1.81. The molecule has 0 radical (unpaired) electrons. The molecule has 0 N–H and O–H groups in total. The summed E-state index contributed by atoms with van der Waals surface area (Å²) in [6.07, 6.45) is 1.47. The number of carbonyl (C=O) groups excluding carboxylic acids is 1. The van der Waals surface area contributed by atoms with Crippen LogP contribution < -0.4 is 9.80 Å². The van der Waals surface area contributed by atoms with Gasteiger partial charge in [0, 0.05) is 31.2 Å². The molecule has 0 spiro atoms. The Hall–Kier alpha value is -3.40. The Morgan fingerprint density at radius 3 is 2.59 bits per heavy atom. The molecule has 0 aliphatic carbocycles. The summed E-state index contributed by atoms with van der Waals surface area (Å²) in [4.78, 5) is 22.8. The zero-order valence-corrected chi connectivity index (χ0v) is 19.7. The number of rotatable bonds is 3. The summed E-state index contributed by atoms with van der Waals surface area (Å²) in [5, 5.41) is 9.69. The second-order valence-electron chi connectivity index (χ2n) is 8.30. The number of hydrogen-bond donors (Lipinski definition) is 0. The van der Waals surface area contributed by atoms with Gasteiger partial charge in [-0.05, 0) is 42.3 Å². The van der Waals surface area contributed by atoms with Crippen LogP contribution in [0.1, 0.15) is 30.8 Å². The quantitative estimate of drug-likeness (QED) is 0.558. The fourth-order valence-electron chi connectivity index (χ4n) is 4.67. The zero-order valence-electron chi connectivity index (χ0n) is 19.0. The normalized spacial score (nSPS) is 17.8. The van der Waals surface area contributed by atoms with Gasteiger partial charge in [-0.15, -0.1) is 10.2 Å². The van der Waals surface area contributed by atoms with Gasteiger partial charge in [0.1, 0.15) is 11.6 Å².